The zero-order valence-electron chi connectivity index (χ0n) is 9.14. The minimum absolute atomic E-state index is 0.565. The van der Waals surface area contributed by atoms with Gasteiger partial charge in [0.15, 0.2) is 6.73 Å². The van der Waals surface area contributed by atoms with Gasteiger partial charge in [-0.25, -0.2) is 9.13 Å². The van der Waals surface area contributed by atoms with Crippen LogP contribution >= 0.6 is 11.6 Å². The Hall–Kier alpha value is -1.32. The van der Waals surface area contributed by atoms with Crippen LogP contribution in [0.4, 0.5) is 0 Å². The minimum Gasteiger partial charge on any atom is -0.345 e. The molecule has 0 unspecified atom stereocenters. The SMILES string of the molecule is COCn1cc[n+](Cc2ccccc2Cl)c1. The van der Waals surface area contributed by atoms with E-state index in [4.69, 9.17) is 16.3 Å². The standard InChI is InChI=1S/C12H14ClN2O/c1-16-10-15-7-6-14(9-15)8-11-4-2-3-5-12(11)13/h2-7,9H,8,10H2,1H3/q+1. The molecule has 0 saturated carbocycles. The van der Waals surface area contributed by atoms with Crippen LogP contribution in [-0.2, 0) is 18.0 Å². The Kier molecular flexibility index (Phi) is 3.59. The predicted octanol–water partition coefficient (Wildman–Crippen LogP) is 2.08. The highest BCUT2D eigenvalue weighted by atomic mass is 35.5. The fourth-order valence-electron chi connectivity index (χ4n) is 1.58. The van der Waals surface area contributed by atoms with Crippen LogP contribution in [0.3, 0.4) is 0 Å². The number of methoxy groups -OCH3 is 1. The largest absolute Gasteiger partial charge is 0.345 e. The van der Waals surface area contributed by atoms with Crippen LogP contribution < -0.4 is 4.57 Å². The molecule has 1 aromatic heterocycles. The Balaban J connectivity index is 2.11. The molecule has 0 aliphatic heterocycles. The van der Waals surface area contributed by atoms with E-state index in [1.807, 2.05) is 47.6 Å². The van der Waals surface area contributed by atoms with Gasteiger partial charge in [0.05, 0.1) is 0 Å². The first-order valence-corrected chi connectivity index (χ1v) is 5.44. The number of imidazole rings is 1. The quantitative estimate of drug-likeness (QED) is 0.745. The van der Waals surface area contributed by atoms with E-state index in [9.17, 15) is 0 Å². The van der Waals surface area contributed by atoms with Gasteiger partial charge in [-0.2, -0.15) is 0 Å². The summed E-state index contributed by atoms with van der Waals surface area (Å²) in [5, 5.41) is 0.800. The lowest BCUT2D eigenvalue weighted by Crippen LogP contribution is -2.31. The molecule has 84 valence electrons. The number of benzene rings is 1. The molecular formula is C12H14ClN2O+. The molecule has 2 rings (SSSR count). The second-order valence-corrected chi connectivity index (χ2v) is 4.02. The first kappa shape index (κ1) is 11.2. The average molecular weight is 238 g/mol. The molecule has 2 aromatic rings. The van der Waals surface area contributed by atoms with Crippen LogP contribution in [0.1, 0.15) is 5.56 Å². The van der Waals surface area contributed by atoms with Crippen molar-refractivity contribution in [3.05, 3.63) is 53.6 Å². The molecule has 0 aliphatic rings. The maximum atomic E-state index is 6.10. The Morgan fingerprint density at radius 1 is 1.38 bits per heavy atom. The molecule has 3 nitrogen and oxygen atoms in total. The summed E-state index contributed by atoms with van der Waals surface area (Å²) in [5.41, 5.74) is 1.12. The predicted molar refractivity (Wildman–Crippen MR) is 62.2 cm³/mol. The molecule has 16 heavy (non-hydrogen) atoms. The second kappa shape index (κ2) is 5.14. The summed E-state index contributed by atoms with van der Waals surface area (Å²) in [6.07, 6.45) is 5.97. The van der Waals surface area contributed by atoms with Gasteiger partial charge in [-0.3, -0.25) is 0 Å². The van der Waals surface area contributed by atoms with E-state index in [1.54, 1.807) is 7.11 Å². The summed E-state index contributed by atoms with van der Waals surface area (Å²) in [4.78, 5) is 0. The van der Waals surface area contributed by atoms with Gasteiger partial charge < -0.3 is 4.74 Å². The van der Waals surface area contributed by atoms with E-state index >= 15 is 0 Å². The first-order chi connectivity index (χ1) is 7.79. The van der Waals surface area contributed by atoms with Crippen molar-refractivity contribution < 1.29 is 9.30 Å². The van der Waals surface area contributed by atoms with Gasteiger partial charge in [0, 0.05) is 17.7 Å². The van der Waals surface area contributed by atoms with E-state index in [1.165, 1.54) is 0 Å². The maximum absolute atomic E-state index is 6.10. The van der Waals surface area contributed by atoms with Crippen LogP contribution in [-0.4, -0.2) is 11.7 Å². The monoisotopic (exact) mass is 237 g/mol. The Bertz CT molecular complexity index is 468. The molecule has 0 fully saturated rings. The number of hydrogen-bond acceptors (Lipinski definition) is 1. The highest BCUT2D eigenvalue weighted by molar-refractivity contribution is 6.31. The number of halogens is 1. The lowest BCUT2D eigenvalue weighted by molar-refractivity contribution is -0.688. The molecule has 0 N–H and O–H groups in total. The highest BCUT2D eigenvalue weighted by Crippen LogP contribution is 2.13. The van der Waals surface area contributed by atoms with Gasteiger partial charge in [0.1, 0.15) is 18.9 Å². The summed E-state index contributed by atoms with van der Waals surface area (Å²) >= 11 is 6.10. The molecule has 0 saturated heterocycles. The smallest absolute Gasteiger partial charge is 0.245 e. The molecule has 0 aliphatic carbocycles. The van der Waals surface area contributed by atoms with Gasteiger partial charge in [0.25, 0.3) is 0 Å². The maximum Gasteiger partial charge on any atom is 0.245 e. The normalized spacial score (nSPS) is 10.6. The van der Waals surface area contributed by atoms with Gasteiger partial charge in [-0.15, -0.1) is 0 Å². The van der Waals surface area contributed by atoms with Gasteiger partial charge >= 0.3 is 0 Å². The third-order valence-corrected chi connectivity index (χ3v) is 2.70. The third kappa shape index (κ3) is 2.62. The molecule has 1 aromatic carbocycles. The van der Waals surface area contributed by atoms with Crippen molar-refractivity contribution >= 4 is 11.6 Å². The lowest BCUT2D eigenvalue weighted by Gasteiger charge is -2.00. The van der Waals surface area contributed by atoms with Crippen LogP contribution in [0, 0.1) is 0 Å². The number of nitrogens with zero attached hydrogens (tertiary/aromatic N) is 2. The molecule has 0 radical (unpaired) electrons. The van der Waals surface area contributed by atoms with E-state index in [0.29, 0.717) is 6.73 Å². The Labute approximate surface area is 99.8 Å². The van der Waals surface area contributed by atoms with Crippen molar-refractivity contribution in [1.29, 1.82) is 0 Å². The fraction of sp³-hybridized carbons (Fsp3) is 0.250. The zero-order chi connectivity index (χ0) is 11.4. The number of hydrogen-bond donors (Lipinski definition) is 0. The Morgan fingerprint density at radius 2 is 2.19 bits per heavy atom. The van der Waals surface area contributed by atoms with Gasteiger partial charge in [-0.05, 0) is 6.07 Å². The van der Waals surface area contributed by atoms with Crippen LogP contribution in [0.2, 0.25) is 5.02 Å². The van der Waals surface area contributed by atoms with Crippen molar-refractivity contribution in [2.24, 2.45) is 0 Å². The summed E-state index contributed by atoms with van der Waals surface area (Å²) < 4.78 is 9.08. The van der Waals surface area contributed by atoms with E-state index in [0.717, 1.165) is 17.1 Å². The molecule has 0 atom stereocenters. The Morgan fingerprint density at radius 3 is 2.94 bits per heavy atom. The first-order valence-electron chi connectivity index (χ1n) is 5.07. The summed E-state index contributed by atoms with van der Waals surface area (Å²) in [5.74, 6) is 0. The van der Waals surface area contributed by atoms with E-state index < -0.39 is 0 Å². The van der Waals surface area contributed by atoms with Crippen molar-refractivity contribution in [2.75, 3.05) is 7.11 Å². The molecule has 4 heteroatoms. The van der Waals surface area contributed by atoms with E-state index in [-0.39, 0.29) is 0 Å². The molecule has 1 heterocycles. The van der Waals surface area contributed by atoms with Crippen LogP contribution in [0.5, 0.6) is 0 Å². The van der Waals surface area contributed by atoms with Crippen molar-refractivity contribution in [2.45, 2.75) is 13.3 Å². The molecular weight excluding hydrogens is 224 g/mol. The van der Waals surface area contributed by atoms with E-state index in [2.05, 4.69) is 4.57 Å². The topological polar surface area (TPSA) is 18.0 Å². The average Bonchev–Trinajstić information content (AvgIpc) is 2.70. The number of rotatable bonds is 4. The summed E-state index contributed by atoms with van der Waals surface area (Å²) in [7, 11) is 1.68. The van der Waals surface area contributed by atoms with Crippen LogP contribution in [0.25, 0.3) is 0 Å². The summed E-state index contributed by atoms with van der Waals surface area (Å²) in [6, 6.07) is 7.87. The minimum atomic E-state index is 0.565. The highest BCUT2D eigenvalue weighted by Gasteiger charge is 2.06. The van der Waals surface area contributed by atoms with Gasteiger partial charge in [0.2, 0.25) is 6.33 Å². The van der Waals surface area contributed by atoms with Gasteiger partial charge in [-0.1, -0.05) is 29.8 Å². The third-order valence-electron chi connectivity index (χ3n) is 2.34. The van der Waals surface area contributed by atoms with Crippen molar-refractivity contribution in [3.63, 3.8) is 0 Å². The summed E-state index contributed by atoms with van der Waals surface area (Å²) in [6.45, 7) is 1.34. The van der Waals surface area contributed by atoms with Crippen LogP contribution in [0.15, 0.2) is 43.0 Å². The lowest BCUT2D eigenvalue weighted by atomic mass is 10.2. The molecule has 0 bridgehead atoms. The molecule has 0 amide bonds. The number of ether oxygens (including phenoxy) is 1. The fourth-order valence-corrected chi connectivity index (χ4v) is 1.78. The van der Waals surface area contributed by atoms with Crippen molar-refractivity contribution in [1.82, 2.24) is 4.57 Å². The molecule has 0 spiro atoms. The van der Waals surface area contributed by atoms with Crippen molar-refractivity contribution in [3.8, 4) is 0 Å². The zero-order valence-corrected chi connectivity index (χ0v) is 9.89. The second-order valence-electron chi connectivity index (χ2n) is 3.61. The number of aromatic nitrogens is 2.